The molecule has 0 saturated carbocycles. The van der Waals surface area contributed by atoms with Crippen LogP contribution in [0.15, 0.2) is 30.3 Å². The lowest BCUT2D eigenvalue weighted by Gasteiger charge is -2.34. The fraction of sp³-hybridized carbons (Fsp3) is 0.444. The molecule has 2 heterocycles. The molecule has 3 rings (SSSR count). The molecule has 146 valence electrons. The zero-order chi connectivity index (χ0) is 19.6. The fourth-order valence-corrected chi connectivity index (χ4v) is 3.30. The number of amides is 1. The summed E-state index contributed by atoms with van der Waals surface area (Å²) in [5, 5.41) is 4.21. The van der Waals surface area contributed by atoms with Crippen molar-refractivity contribution in [2.45, 2.75) is 26.2 Å². The van der Waals surface area contributed by atoms with Gasteiger partial charge in [-0.2, -0.15) is 18.3 Å². The van der Waals surface area contributed by atoms with Crippen LogP contribution >= 0.6 is 11.6 Å². The van der Waals surface area contributed by atoms with E-state index in [0.29, 0.717) is 36.9 Å². The highest BCUT2D eigenvalue weighted by molar-refractivity contribution is 6.30. The molecule has 1 aromatic heterocycles. The number of aromatic nitrogens is 2. The average Bonchev–Trinajstić information content (AvgIpc) is 2.96. The van der Waals surface area contributed by atoms with Crippen LogP contribution in [0.1, 0.15) is 17.0 Å². The summed E-state index contributed by atoms with van der Waals surface area (Å²) in [6, 6.07) is 8.60. The third-order valence-electron chi connectivity index (χ3n) is 4.58. The number of piperazine rings is 1. The predicted octanol–water partition coefficient (Wildman–Crippen LogP) is 3.21. The lowest BCUT2D eigenvalue weighted by atomic mass is 10.2. The van der Waals surface area contributed by atoms with Crippen LogP contribution in [0.2, 0.25) is 5.02 Å². The van der Waals surface area contributed by atoms with Gasteiger partial charge in [-0.15, -0.1) is 0 Å². The second-order valence-electron chi connectivity index (χ2n) is 6.61. The molecule has 1 aliphatic heterocycles. The number of benzene rings is 1. The lowest BCUT2D eigenvalue weighted by molar-refractivity contribution is -0.142. The molecule has 0 aliphatic carbocycles. The van der Waals surface area contributed by atoms with Crippen LogP contribution in [0.3, 0.4) is 0 Å². The van der Waals surface area contributed by atoms with Gasteiger partial charge in [0.1, 0.15) is 6.54 Å². The summed E-state index contributed by atoms with van der Waals surface area (Å²) in [5.41, 5.74) is 0.448. The van der Waals surface area contributed by atoms with E-state index in [-0.39, 0.29) is 12.5 Å². The lowest BCUT2D eigenvalue weighted by Crippen LogP contribution is -2.49. The van der Waals surface area contributed by atoms with Crippen molar-refractivity contribution in [3.05, 3.63) is 52.3 Å². The second kappa shape index (κ2) is 7.90. The summed E-state index contributed by atoms with van der Waals surface area (Å²) in [4.78, 5) is 16.3. The van der Waals surface area contributed by atoms with Crippen molar-refractivity contribution < 1.29 is 18.0 Å². The van der Waals surface area contributed by atoms with Gasteiger partial charge < -0.3 is 4.90 Å². The molecule has 27 heavy (non-hydrogen) atoms. The Labute approximate surface area is 160 Å². The van der Waals surface area contributed by atoms with Gasteiger partial charge in [-0.3, -0.25) is 14.4 Å². The Morgan fingerprint density at radius 3 is 2.48 bits per heavy atom. The number of rotatable bonds is 4. The second-order valence-corrected chi connectivity index (χ2v) is 7.05. The molecule has 0 spiro atoms. The Balaban J connectivity index is 1.54. The number of alkyl halides is 3. The highest BCUT2D eigenvalue weighted by Crippen LogP contribution is 2.28. The van der Waals surface area contributed by atoms with Crippen LogP contribution in [-0.2, 0) is 24.1 Å². The van der Waals surface area contributed by atoms with Gasteiger partial charge in [0.05, 0.1) is 0 Å². The largest absolute Gasteiger partial charge is 0.435 e. The normalized spacial score (nSPS) is 16.0. The van der Waals surface area contributed by atoms with Crippen LogP contribution < -0.4 is 0 Å². The fourth-order valence-electron chi connectivity index (χ4n) is 3.09. The van der Waals surface area contributed by atoms with Gasteiger partial charge in [0.25, 0.3) is 0 Å². The smallest absolute Gasteiger partial charge is 0.339 e. The SMILES string of the molecule is Cc1cc(C(F)(F)F)nn1CC(=O)N1CCN(Cc2cccc(Cl)c2)CC1. The van der Waals surface area contributed by atoms with Crippen molar-refractivity contribution >= 4 is 17.5 Å². The third kappa shape index (κ3) is 5.01. The Hall–Kier alpha value is -2.06. The third-order valence-corrected chi connectivity index (χ3v) is 4.81. The number of halogens is 4. The molecule has 0 radical (unpaired) electrons. The van der Waals surface area contributed by atoms with Gasteiger partial charge in [-0.1, -0.05) is 23.7 Å². The first kappa shape index (κ1) is 19.7. The summed E-state index contributed by atoms with van der Waals surface area (Å²) in [5.74, 6) is -0.225. The molecular formula is C18H20ClF3N4O. The maximum Gasteiger partial charge on any atom is 0.435 e. The van der Waals surface area contributed by atoms with Crippen molar-refractivity contribution in [2.75, 3.05) is 26.2 Å². The first-order chi connectivity index (χ1) is 12.7. The molecule has 1 fully saturated rings. The van der Waals surface area contributed by atoms with Crippen LogP contribution in [0.25, 0.3) is 0 Å². The van der Waals surface area contributed by atoms with Gasteiger partial charge in [-0.25, -0.2) is 0 Å². The minimum absolute atomic E-state index is 0.184. The van der Waals surface area contributed by atoms with E-state index in [4.69, 9.17) is 11.6 Å². The zero-order valence-electron chi connectivity index (χ0n) is 14.8. The maximum atomic E-state index is 12.7. The van der Waals surface area contributed by atoms with Gasteiger partial charge in [0, 0.05) is 43.4 Å². The molecule has 2 aromatic rings. The van der Waals surface area contributed by atoms with Gasteiger partial charge in [0.15, 0.2) is 5.69 Å². The molecule has 5 nitrogen and oxygen atoms in total. The highest BCUT2D eigenvalue weighted by atomic mass is 35.5. The Bertz CT molecular complexity index is 813. The minimum atomic E-state index is -4.51. The van der Waals surface area contributed by atoms with E-state index in [0.717, 1.165) is 22.9 Å². The van der Waals surface area contributed by atoms with E-state index in [1.54, 1.807) is 4.90 Å². The Morgan fingerprint density at radius 2 is 1.89 bits per heavy atom. The topological polar surface area (TPSA) is 41.4 Å². The maximum absolute atomic E-state index is 12.7. The Kier molecular flexibility index (Phi) is 5.76. The monoisotopic (exact) mass is 400 g/mol. The van der Waals surface area contributed by atoms with E-state index >= 15 is 0 Å². The molecular weight excluding hydrogens is 381 g/mol. The summed E-state index contributed by atoms with van der Waals surface area (Å²) >= 11 is 6.00. The summed E-state index contributed by atoms with van der Waals surface area (Å²) < 4.78 is 39.3. The summed E-state index contributed by atoms with van der Waals surface area (Å²) in [6.45, 7) is 4.54. The first-order valence-corrected chi connectivity index (χ1v) is 8.96. The zero-order valence-corrected chi connectivity index (χ0v) is 15.6. The quantitative estimate of drug-likeness (QED) is 0.791. The van der Waals surface area contributed by atoms with E-state index in [9.17, 15) is 18.0 Å². The van der Waals surface area contributed by atoms with Crippen molar-refractivity contribution in [1.82, 2.24) is 19.6 Å². The predicted molar refractivity (Wildman–Crippen MR) is 95.3 cm³/mol. The molecule has 1 saturated heterocycles. The molecule has 1 amide bonds. The van der Waals surface area contributed by atoms with E-state index in [2.05, 4.69) is 10.00 Å². The van der Waals surface area contributed by atoms with E-state index in [1.165, 1.54) is 6.92 Å². The summed E-state index contributed by atoms with van der Waals surface area (Å²) in [6.07, 6.45) is -4.51. The summed E-state index contributed by atoms with van der Waals surface area (Å²) in [7, 11) is 0. The number of carbonyl (C=O) groups excluding carboxylic acids is 1. The average molecular weight is 401 g/mol. The van der Waals surface area contributed by atoms with Crippen molar-refractivity contribution in [1.29, 1.82) is 0 Å². The minimum Gasteiger partial charge on any atom is -0.339 e. The molecule has 9 heteroatoms. The van der Waals surface area contributed by atoms with Gasteiger partial charge in [-0.05, 0) is 30.7 Å². The van der Waals surface area contributed by atoms with Crippen LogP contribution in [0.4, 0.5) is 13.2 Å². The van der Waals surface area contributed by atoms with E-state index < -0.39 is 11.9 Å². The number of aryl methyl sites for hydroxylation is 1. The standard InChI is InChI=1S/C18H20ClF3N4O/c1-13-9-16(18(20,21)22)23-26(13)12-17(27)25-7-5-24(6-8-25)11-14-3-2-4-15(19)10-14/h2-4,9-10H,5-8,11-12H2,1H3. The molecule has 0 unspecified atom stereocenters. The van der Waals surface area contributed by atoms with Crippen LogP contribution in [0.5, 0.6) is 0 Å². The van der Waals surface area contributed by atoms with Crippen LogP contribution in [-0.4, -0.2) is 51.7 Å². The highest BCUT2D eigenvalue weighted by Gasteiger charge is 2.34. The number of hydrogen-bond acceptors (Lipinski definition) is 3. The van der Waals surface area contributed by atoms with Crippen LogP contribution in [0, 0.1) is 6.92 Å². The molecule has 0 bridgehead atoms. The van der Waals surface area contributed by atoms with Crippen molar-refractivity contribution in [3.8, 4) is 0 Å². The number of hydrogen-bond donors (Lipinski definition) is 0. The number of carbonyl (C=O) groups is 1. The number of nitrogens with zero attached hydrogens (tertiary/aromatic N) is 4. The molecule has 1 aliphatic rings. The Morgan fingerprint density at radius 1 is 1.19 bits per heavy atom. The van der Waals surface area contributed by atoms with Crippen molar-refractivity contribution in [2.24, 2.45) is 0 Å². The molecule has 0 N–H and O–H groups in total. The van der Waals surface area contributed by atoms with Gasteiger partial charge >= 0.3 is 6.18 Å². The van der Waals surface area contributed by atoms with Gasteiger partial charge in [0.2, 0.25) is 5.91 Å². The molecule has 0 atom stereocenters. The first-order valence-electron chi connectivity index (χ1n) is 8.58. The molecule has 1 aromatic carbocycles. The van der Waals surface area contributed by atoms with Crippen molar-refractivity contribution in [3.63, 3.8) is 0 Å². The van der Waals surface area contributed by atoms with E-state index in [1.807, 2.05) is 24.3 Å².